The number of nitrogens with zero attached hydrogens (tertiary/aromatic N) is 2. The number of amides is 1. The van der Waals surface area contributed by atoms with Gasteiger partial charge in [0.1, 0.15) is 11.5 Å². The molecule has 0 radical (unpaired) electrons. The summed E-state index contributed by atoms with van der Waals surface area (Å²) in [6.45, 7) is 1.35. The molecule has 168 valence electrons. The van der Waals surface area contributed by atoms with Crippen molar-refractivity contribution in [2.75, 3.05) is 14.2 Å². The van der Waals surface area contributed by atoms with Crippen LogP contribution >= 0.6 is 0 Å². The van der Waals surface area contributed by atoms with Crippen LogP contribution in [0.25, 0.3) is 0 Å². The predicted octanol–water partition coefficient (Wildman–Crippen LogP) is 5.53. The second kappa shape index (κ2) is 10.4. The Morgan fingerprint density at radius 3 is 2.41 bits per heavy atom. The molecule has 5 heteroatoms. The van der Waals surface area contributed by atoms with Gasteiger partial charge in [-0.15, -0.1) is 0 Å². The minimum Gasteiger partial charge on any atom is -0.497 e. The molecule has 1 heterocycles. The van der Waals surface area contributed by atoms with Crippen LogP contribution in [0.15, 0.2) is 66.9 Å². The van der Waals surface area contributed by atoms with Gasteiger partial charge >= 0.3 is 0 Å². The van der Waals surface area contributed by atoms with Gasteiger partial charge in [-0.2, -0.15) is 0 Å². The Bertz CT molecular complexity index is 1020. The lowest BCUT2D eigenvalue weighted by molar-refractivity contribution is 0.0608. The lowest BCUT2D eigenvalue weighted by Crippen LogP contribution is -2.41. The van der Waals surface area contributed by atoms with Crippen LogP contribution in [0.3, 0.4) is 0 Å². The molecule has 5 nitrogen and oxygen atoms in total. The van der Waals surface area contributed by atoms with E-state index in [0.717, 1.165) is 36.6 Å². The number of hydrogen-bond acceptors (Lipinski definition) is 3. The zero-order valence-corrected chi connectivity index (χ0v) is 19.0. The normalized spacial score (nSPS) is 14.2. The third kappa shape index (κ3) is 5.16. The Labute approximate surface area is 190 Å². The van der Waals surface area contributed by atoms with Crippen LogP contribution < -0.4 is 9.47 Å². The van der Waals surface area contributed by atoms with E-state index in [1.807, 2.05) is 36.4 Å². The smallest absolute Gasteiger partial charge is 0.254 e. The molecule has 3 aromatic rings. The Morgan fingerprint density at radius 1 is 0.938 bits per heavy atom. The fourth-order valence-corrected chi connectivity index (χ4v) is 4.55. The Hall–Kier alpha value is -3.21. The lowest BCUT2D eigenvalue weighted by atomic mass is 9.93. The second-order valence-electron chi connectivity index (χ2n) is 8.43. The molecular formula is C27H32N2O3. The molecule has 0 aliphatic heterocycles. The highest BCUT2D eigenvalue weighted by Crippen LogP contribution is 2.27. The number of aromatic nitrogens is 1. The summed E-state index contributed by atoms with van der Waals surface area (Å²) >= 11 is 0. The van der Waals surface area contributed by atoms with E-state index < -0.39 is 0 Å². The maximum Gasteiger partial charge on any atom is 0.254 e. The summed E-state index contributed by atoms with van der Waals surface area (Å²) in [4.78, 5) is 15.7. The van der Waals surface area contributed by atoms with E-state index >= 15 is 0 Å². The van der Waals surface area contributed by atoms with Crippen molar-refractivity contribution >= 4 is 5.91 Å². The van der Waals surface area contributed by atoms with E-state index in [-0.39, 0.29) is 11.9 Å². The maximum atomic E-state index is 13.6. The van der Waals surface area contributed by atoms with Gasteiger partial charge in [-0.3, -0.25) is 4.79 Å². The van der Waals surface area contributed by atoms with Gasteiger partial charge in [0, 0.05) is 30.0 Å². The molecule has 1 fully saturated rings. The summed E-state index contributed by atoms with van der Waals surface area (Å²) < 4.78 is 12.9. The monoisotopic (exact) mass is 432 g/mol. The van der Waals surface area contributed by atoms with E-state index in [1.54, 1.807) is 14.2 Å². The molecule has 0 N–H and O–H groups in total. The molecule has 1 amide bonds. The van der Waals surface area contributed by atoms with E-state index in [0.29, 0.717) is 12.1 Å². The number of ether oxygens (including phenoxy) is 2. The highest BCUT2D eigenvalue weighted by atomic mass is 16.5. The SMILES string of the molecule is COc1ccc(C(=O)N(Cc2cccn2Cc2cccc(OC)c2)C2CCCCC2)cc1. The minimum absolute atomic E-state index is 0.0914. The molecule has 0 spiro atoms. The van der Waals surface area contributed by atoms with Crippen molar-refractivity contribution in [2.24, 2.45) is 0 Å². The molecule has 1 saturated carbocycles. The van der Waals surface area contributed by atoms with Gasteiger partial charge in [-0.05, 0) is 66.9 Å². The predicted molar refractivity (Wildman–Crippen MR) is 126 cm³/mol. The molecule has 0 saturated heterocycles. The number of carbonyl (C=O) groups excluding carboxylic acids is 1. The van der Waals surface area contributed by atoms with Crippen molar-refractivity contribution in [3.8, 4) is 11.5 Å². The van der Waals surface area contributed by atoms with E-state index in [2.05, 4.69) is 39.9 Å². The van der Waals surface area contributed by atoms with Crippen LogP contribution in [0, 0.1) is 0 Å². The first-order chi connectivity index (χ1) is 15.7. The number of methoxy groups -OCH3 is 2. The van der Waals surface area contributed by atoms with Gasteiger partial charge in [0.05, 0.1) is 20.8 Å². The summed E-state index contributed by atoms with van der Waals surface area (Å²) in [5.74, 6) is 1.71. The molecule has 4 rings (SSSR count). The van der Waals surface area contributed by atoms with E-state index in [1.165, 1.54) is 24.8 Å². The van der Waals surface area contributed by atoms with Gasteiger partial charge in [0.2, 0.25) is 0 Å². The Morgan fingerprint density at radius 2 is 1.69 bits per heavy atom. The largest absolute Gasteiger partial charge is 0.497 e. The van der Waals surface area contributed by atoms with Crippen LogP contribution in [0.4, 0.5) is 0 Å². The van der Waals surface area contributed by atoms with Gasteiger partial charge in [-0.25, -0.2) is 0 Å². The maximum absolute atomic E-state index is 13.6. The summed E-state index contributed by atoms with van der Waals surface area (Å²) in [5.41, 5.74) is 3.02. The van der Waals surface area contributed by atoms with Crippen molar-refractivity contribution in [1.82, 2.24) is 9.47 Å². The topological polar surface area (TPSA) is 43.7 Å². The van der Waals surface area contributed by atoms with Crippen LogP contribution in [0.1, 0.15) is 53.7 Å². The average molecular weight is 433 g/mol. The molecule has 1 aromatic heterocycles. The van der Waals surface area contributed by atoms with Crippen molar-refractivity contribution in [1.29, 1.82) is 0 Å². The quantitative estimate of drug-likeness (QED) is 0.470. The third-order valence-electron chi connectivity index (χ3n) is 6.36. The van der Waals surface area contributed by atoms with E-state index in [4.69, 9.17) is 9.47 Å². The average Bonchev–Trinajstić information content (AvgIpc) is 3.29. The fraction of sp³-hybridized carbons (Fsp3) is 0.370. The lowest BCUT2D eigenvalue weighted by Gasteiger charge is -2.35. The van der Waals surface area contributed by atoms with Gasteiger partial charge in [0.25, 0.3) is 5.91 Å². The van der Waals surface area contributed by atoms with Crippen molar-refractivity contribution < 1.29 is 14.3 Å². The van der Waals surface area contributed by atoms with Crippen LogP contribution in [0.5, 0.6) is 11.5 Å². The zero-order chi connectivity index (χ0) is 22.3. The van der Waals surface area contributed by atoms with Gasteiger partial charge < -0.3 is 18.9 Å². The highest BCUT2D eigenvalue weighted by molar-refractivity contribution is 5.94. The molecule has 32 heavy (non-hydrogen) atoms. The summed E-state index contributed by atoms with van der Waals surface area (Å²) in [6.07, 6.45) is 7.85. The van der Waals surface area contributed by atoms with Crippen LogP contribution in [-0.4, -0.2) is 35.6 Å². The number of rotatable bonds is 8. The first kappa shape index (κ1) is 22.0. The van der Waals surface area contributed by atoms with Crippen molar-refractivity contribution in [3.63, 3.8) is 0 Å². The molecular weight excluding hydrogens is 400 g/mol. The second-order valence-corrected chi connectivity index (χ2v) is 8.43. The molecule has 0 atom stereocenters. The molecule has 0 bridgehead atoms. The molecule has 1 aliphatic carbocycles. The number of benzene rings is 2. The summed E-state index contributed by atoms with van der Waals surface area (Å²) in [6, 6.07) is 20.0. The summed E-state index contributed by atoms with van der Waals surface area (Å²) in [7, 11) is 3.33. The number of carbonyl (C=O) groups is 1. The van der Waals surface area contributed by atoms with Crippen molar-refractivity contribution in [3.05, 3.63) is 83.7 Å². The van der Waals surface area contributed by atoms with Crippen molar-refractivity contribution in [2.45, 2.75) is 51.2 Å². The molecule has 1 aliphatic rings. The fourth-order valence-electron chi connectivity index (χ4n) is 4.55. The third-order valence-corrected chi connectivity index (χ3v) is 6.36. The first-order valence-electron chi connectivity index (χ1n) is 11.4. The Balaban J connectivity index is 1.57. The number of hydrogen-bond donors (Lipinski definition) is 0. The zero-order valence-electron chi connectivity index (χ0n) is 19.0. The Kier molecular flexibility index (Phi) is 7.15. The first-order valence-corrected chi connectivity index (χ1v) is 11.4. The molecule has 2 aromatic carbocycles. The highest BCUT2D eigenvalue weighted by Gasteiger charge is 2.27. The van der Waals surface area contributed by atoms with E-state index in [9.17, 15) is 4.79 Å². The summed E-state index contributed by atoms with van der Waals surface area (Å²) in [5, 5.41) is 0. The standard InChI is InChI=1S/C27H32N2O3/c1-31-25-15-13-22(14-16-25)27(30)29(23-9-4-3-5-10-23)20-24-11-7-17-28(24)19-21-8-6-12-26(18-21)32-2/h6-8,11-18,23H,3-5,9-10,19-20H2,1-2H3. The van der Waals surface area contributed by atoms with Gasteiger partial charge in [-0.1, -0.05) is 31.4 Å². The van der Waals surface area contributed by atoms with Gasteiger partial charge in [0.15, 0.2) is 0 Å². The van der Waals surface area contributed by atoms with Crippen LogP contribution in [-0.2, 0) is 13.1 Å². The van der Waals surface area contributed by atoms with Crippen LogP contribution in [0.2, 0.25) is 0 Å². The minimum atomic E-state index is 0.0914. The molecule has 0 unspecified atom stereocenters.